The molecule has 1 aliphatic heterocycles. The summed E-state index contributed by atoms with van der Waals surface area (Å²) < 4.78 is 0. The number of anilines is 1. The van der Waals surface area contributed by atoms with Crippen LogP contribution in [-0.4, -0.2) is 11.9 Å². The molecule has 0 aromatic heterocycles. The number of benzene rings is 1. The molecule has 1 aromatic carbocycles. The SMILES string of the molecule is CCCCC(C)NC1C(=O)Nc2ccccc21. The molecular weight excluding hydrogens is 212 g/mol. The van der Waals surface area contributed by atoms with Crippen LogP contribution in [0.5, 0.6) is 0 Å². The van der Waals surface area contributed by atoms with Gasteiger partial charge in [-0.05, 0) is 19.4 Å². The van der Waals surface area contributed by atoms with E-state index in [2.05, 4.69) is 24.5 Å². The standard InChI is InChI=1S/C14H20N2O/c1-3-4-7-10(2)15-13-11-8-5-6-9-12(11)16-14(13)17/h5-6,8-10,13,15H,3-4,7H2,1-2H3,(H,16,17). The van der Waals surface area contributed by atoms with Crippen molar-refractivity contribution in [3.63, 3.8) is 0 Å². The van der Waals surface area contributed by atoms with Gasteiger partial charge in [0.05, 0.1) is 0 Å². The van der Waals surface area contributed by atoms with Crippen LogP contribution in [0.2, 0.25) is 0 Å². The predicted octanol–water partition coefficient (Wildman–Crippen LogP) is 2.85. The number of unbranched alkanes of at least 4 members (excludes halogenated alkanes) is 1. The lowest BCUT2D eigenvalue weighted by molar-refractivity contribution is -0.117. The summed E-state index contributed by atoms with van der Waals surface area (Å²) in [5.41, 5.74) is 2.01. The fourth-order valence-electron chi connectivity index (χ4n) is 2.25. The van der Waals surface area contributed by atoms with Gasteiger partial charge in [-0.3, -0.25) is 10.1 Å². The Labute approximate surface area is 103 Å². The zero-order chi connectivity index (χ0) is 12.3. The normalized spacial score (nSPS) is 19.9. The molecule has 1 aliphatic rings. The molecule has 0 aliphatic carbocycles. The molecule has 0 radical (unpaired) electrons. The highest BCUT2D eigenvalue weighted by atomic mass is 16.2. The summed E-state index contributed by atoms with van der Waals surface area (Å²) in [6.45, 7) is 4.33. The van der Waals surface area contributed by atoms with Crippen LogP contribution in [0.25, 0.3) is 0 Å². The molecule has 0 bridgehead atoms. The second kappa shape index (κ2) is 5.32. The van der Waals surface area contributed by atoms with Gasteiger partial charge in [-0.25, -0.2) is 0 Å². The van der Waals surface area contributed by atoms with Crippen molar-refractivity contribution in [2.45, 2.75) is 45.2 Å². The van der Waals surface area contributed by atoms with Gasteiger partial charge in [-0.2, -0.15) is 0 Å². The number of para-hydroxylation sites is 1. The summed E-state index contributed by atoms with van der Waals surface area (Å²) in [4.78, 5) is 11.9. The minimum absolute atomic E-state index is 0.0644. The Kier molecular flexibility index (Phi) is 3.79. The van der Waals surface area contributed by atoms with Gasteiger partial charge in [0.1, 0.15) is 6.04 Å². The van der Waals surface area contributed by atoms with Gasteiger partial charge in [0.2, 0.25) is 5.91 Å². The molecule has 0 fully saturated rings. The number of carbonyl (C=O) groups is 1. The molecule has 2 unspecified atom stereocenters. The fourth-order valence-corrected chi connectivity index (χ4v) is 2.25. The van der Waals surface area contributed by atoms with Crippen LogP contribution in [0, 0.1) is 0 Å². The van der Waals surface area contributed by atoms with Gasteiger partial charge >= 0.3 is 0 Å². The maximum atomic E-state index is 11.9. The van der Waals surface area contributed by atoms with Crippen molar-refractivity contribution in [2.24, 2.45) is 0 Å². The van der Waals surface area contributed by atoms with E-state index in [1.807, 2.05) is 24.3 Å². The van der Waals surface area contributed by atoms with Crippen molar-refractivity contribution in [2.75, 3.05) is 5.32 Å². The zero-order valence-electron chi connectivity index (χ0n) is 10.5. The first-order valence-electron chi connectivity index (χ1n) is 6.38. The Balaban J connectivity index is 2.04. The molecule has 2 atom stereocenters. The topological polar surface area (TPSA) is 41.1 Å². The van der Waals surface area contributed by atoms with Gasteiger partial charge in [0, 0.05) is 17.3 Å². The van der Waals surface area contributed by atoms with Gasteiger partial charge < -0.3 is 5.32 Å². The van der Waals surface area contributed by atoms with Crippen LogP contribution < -0.4 is 10.6 Å². The summed E-state index contributed by atoms with van der Waals surface area (Å²) in [6.07, 6.45) is 3.51. The molecule has 1 heterocycles. The van der Waals surface area contributed by atoms with E-state index in [0.717, 1.165) is 17.7 Å². The molecule has 92 valence electrons. The molecule has 1 aromatic rings. The van der Waals surface area contributed by atoms with E-state index in [9.17, 15) is 4.79 Å². The first-order valence-corrected chi connectivity index (χ1v) is 6.38. The van der Waals surface area contributed by atoms with Crippen molar-refractivity contribution < 1.29 is 4.79 Å². The molecule has 17 heavy (non-hydrogen) atoms. The maximum absolute atomic E-state index is 11.9. The minimum atomic E-state index is -0.182. The lowest BCUT2D eigenvalue weighted by atomic mass is 10.1. The number of hydrogen-bond donors (Lipinski definition) is 2. The van der Waals surface area contributed by atoms with Crippen LogP contribution in [0.4, 0.5) is 5.69 Å². The average Bonchev–Trinajstić information content (AvgIpc) is 2.64. The third-order valence-electron chi connectivity index (χ3n) is 3.23. The highest BCUT2D eigenvalue weighted by Crippen LogP contribution is 2.30. The fraction of sp³-hybridized carbons (Fsp3) is 0.500. The summed E-state index contributed by atoms with van der Waals surface area (Å²) in [7, 11) is 0. The van der Waals surface area contributed by atoms with Crippen molar-refractivity contribution in [1.82, 2.24) is 5.32 Å². The number of rotatable bonds is 5. The van der Waals surface area contributed by atoms with E-state index < -0.39 is 0 Å². The number of nitrogens with one attached hydrogen (secondary N) is 2. The lowest BCUT2D eigenvalue weighted by Crippen LogP contribution is -2.34. The number of hydrogen-bond acceptors (Lipinski definition) is 2. The molecule has 0 saturated carbocycles. The number of fused-ring (bicyclic) bond motifs is 1. The zero-order valence-corrected chi connectivity index (χ0v) is 10.5. The molecule has 2 N–H and O–H groups in total. The molecule has 3 nitrogen and oxygen atoms in total. The smallest absolute Gasteiger partial charge is 0.246 e. The van der Waals surface area contributed by atoms with Crippen LogP contribution in [0.3, 0.4) is 0 Å². The monoisotopic (exact) mass is 232 g/mol. The first kappa shape index (κ1) is 12.1. The molecule has 0 saturated heterocycles. The Hall–Kier alpha value is -1.35. The van der Waals surface area contributed by atoms with Crippen LogP contribution in [-0.2, 0) is 4.79 Å². The van der Waals surface area contributed by atoms with Crippen molar-refractivity contribution in [3.8, 4) is 0 Å². The van der Waals surface area contributed by atoms with Crippen LogP contribution >= 0.6 is 0 Å². The van der Waals surface area contributed by atoms with Gasteiger partial charge in [0.25, 0.3) is 0 Å². The second-order valence-electron chi connectivity index (χ2n) is 4.72. The van der Waals surface area contributed by atoms with E-state index in [1.54, 1.807) is 0 Å². The Morgan fingerprint density at radius 2 is 2.18 bits per heavy atom. The molecule has 2 rings (SSSR count). The second-order valence-corrected chi connectivity index (χ2v) is 4.72. The van der Waals surface area contributed by atoms with E-state index >= 15 is 0 Å². The Morgan fingerprint density at radius 1 is 1.41 bits per heavy atom. The Morgan fingerprint density at radius 3 is 2.94 bits per heavy atom. The molecule has 0 spiro atoms. The molecule has 3 heteroatoms. The summed E-state index contributed by atoms with van der Waals surface area (Å²) in [5, 5.41) is 6.32. The highest BCUT2D eigenvalue weighted by molar-refractivity contribution is 6.02. The summed E-state index contributed by atoms with van der Waals surface area (Å²) >= 11 is 0. The summed E-state index contributed by atoms with van der Waals surface area (Å²) in [5.74, 6) is 0.0644. The van der Waals surface area contributed by atoms with Gasteiger partial charge in [-0.1, -0.05) is 38.0 Å². The largest absolute Gasteiger partial charge is 0.324 e. The lowest BCUT2D eigenvalue weighted by Gasteiger charge is -2.18. The van der Waals surface area contributed by atoms with E-state index in [-0.39, 0.29) is 11.9 Å². The third-order valence-corrected chi connectivity index (χ3v) is 3.23. The highest BCUT2D eigenvalue weighted by Gasteiger charge is 2.30. The van der Waals surface area contributed by atoms with Crippen molar-refractivity contribution in [1.29, 1.82) is 0 Å². The average molecular weight is 232 g/mol. The van der Waals surface area contributed by atoms with Crippen molar-refractivity contribution in [3.05, 3.63) is 29.8 Å². The predicted molar refractivity (Wildman–Crippen MR) is 69.9 cm³/mol. The Bertz CT molecular complexity index is 403. The molecule has 1 amide bonds. The number of amides is 1. The van der Waals surface area contributed by atoms with E-state index in [4.69, 9.17) is 0 Å². The van der Waals surface area contributed by atoms with Crippen molar-refractivity contribution >= 4 is 11.6 Å². The van der Waals surface area contributed by atoms with Crippen LogP contribution in [0.1, 0.15) is 44.7 Å². The van der Waals surface area contributed by atoms with E-state index in [1.165, 1.54) is 12.8 Å². The first-order chi connectivity index (χ1) is 8.22. The van der Waals surface area contributed by atoms with E-state index in [0.29, 0.717) is 6.04 Å². The van der Waals surface area contributed by atoms with Crippen LogP contribution in [0.15, 0.2) is 24.3 Å². The summed E-state index contributed by atoms with van der Waals surface area (Å²) in [6, 6.07) is 8.07. The molecular formula is C14H20N2O. The van der Waals surface area contributed by atoms with Gasteiger partial charge in [-0.15, -0.1) is 0 Å². The minimum Gasteiger partial charge on any atom is -0.324 e. The van der Waals surface area contributed by atoms with Gasteiger partial charge in [0.15, 0.2) is 0 Å². The maximum Gasteiger partial charge on any atom is 0.246 e. The third kappa shape index (κ3) is 2.67. The number of carbonyl (C=O) groups excluding carboxylic acids is 1. The quantitative estimate of drug-likeness (QED) is 0.819.